The molecular formula is C35H50N4O5. The van der Waals surface area contributed by atoms with E-state index in [4.69, 9.17) is 4.74 Å². The highest BCUT2D eigenvalue weighted by Gasteiger charge is 2.55. The average molecular weight is 607 g/mol. The van der Waals surface area contributed by atoms with Gasteiger partial charge in [0.15, 0.2) is 0 Å². The number of hydrogen-bond donors (Lipinski definition) is 3. The first kappa shape index (κ1) is 33.5. The summed E-state index contributed by atoms with van der Waals surface area (Å²) in [6, 6.07) is 14.8. The first-order chi connectivity index (χ1) is 21.3. The minimum absolute atomic E-state index is 0.0270. The van der Waals surface area contributed by atoms with Crippen molar-refractivity contribution in [1.29, 1.82) is 0 Å². The van der Waals surface area contributed by atoms with Gasteiger partial charge in [-0.1, -0.05) is 64.3 Å². The number of unbranched alkanes of at least 4 members (excludes halogenated alkanes) is 1. The fourth-order valence-corrected chi connectivity index (χ4v) is 6.54. The molecule has 0 radical (unpaired) electrons. The van der Waals surface area contributed by atoms with Crippen molar-refractivity contribution in [3.05, 3.63) is 65.2 Å². The Balaban J connectivity index is 1.31. The number of piperazine rings is 1. The van der Waals surface area contributed by atoms with Crippen LogP contribution in [0.25, 0.3) is 0 Å². The maximum atomic E-state index is 13.8. The summed E-state index contributed by atoms with van der Waals surface area (Å²) in [5.41, 5.74) is 2.14. The van der Waals surface area contributed by atoms with Crippen LogP contribution in [-0.4, -0.2) is 83.6 Å². The standard InChI is InChI=1S/C35H50N4O5/c1-5-8-20-39-33(42)30(31(40)27(6-2)7-3)37-34(43)35(39)18-21-38(22-19-35)24-26-11-9-25(10-12-26)17-23-44-29-15-13-28(14-16-29)32(41)36-4/h9-16,27,30-31,40H,5-8,17-24H2,1-4H3,(H,36,41)(H,37,43)/t30-,31-/m1/s1. The summed E-state index contributed by atoms with van der Waals surface area (Å²) in [6.45, 7) is 9.42. The van der Waals surface area contributed by atoms with Gasteiger partial charge in [0.1, 0.15) is 17.3 Å². The lowest BCUT2D eigenvalue weighted by molar-refractivity contribution is -0.165. The summed E-state index contributed by atoms with van der Waals surface area (Å²) >= 11 is 0. The number of aliphatic hydroxyl groups excluding tert-OH is 1. The number of rotatable bonds is 14. The van der Waals surface area contributed by atoms with Crippen molar-refractivity contribution >= 4 is 17.7 Å². The molecule has 2 aliphatic rings. The summed E-state index contributed by atoms with van der Waals surface area (Å²) in [5, 5.41) is 16.6. The van der Waals surface area contributed by atoms with Crippen LogP contribution in [0.1, 0.15) is 80.8 Å². The number of hydrogen-bond acceptors (Lipinski definition) is 6. The number of carbonyl (C=O) groups excluding carboxylic acids is 3. The normalized spacial score (nSPS) is 19.2. The molecule has 0 aromatic heterocycles. The van der Waals surface area contributed by atoms with Gasteiger partial charge in [0.25, 0.3) is 5.91 Å². The number of nitrogens with zero attached hydrogens (tertiary/aromatic N) is 2. The van der Waals surface area contributed by atoms with Crippen molar-refractivity contribution < 1.29 is 24.2 Å². The molecule has 2 atom stereocenters. The third-order valence-electron chi connectivity index (χ3n) is 9.48. The van der Waals surface area contributed by atoms with Crippen LogP contribution in [0.15, 0.2) is 48.5 Å². The van der Waals surface area contributed by atoms with Crippen LogP contribution in [0.2, 0.25) is 0 Å². The molecule has 4 rings (SSSR count). The molecule has 0 aliphatic carbocycles. The zero-order chi connectivity index (χ0) is 31.7. The number of ether oxygens (including phenoxy) is 1. The SMILES string of the molecule is CCCCN1C(=O)[C@@H]([C@H](O)C(CC)CC)NC(=O)C12CCN(Cc1ccc(CCOc3ccc(C(=O)NC)cc3)cc1)CC2. The van der Waals surface area contributed by atoms with Crippen LogP contribution in [0, 0.1) is 5.92 Å². The van der Waals surface area contributed by atoms with Crippen molar-refractivity contribution in [3.8, 4) is 5.75 Å². The quantitative estimate of drug-likeness (QED) is 0.301. The zero-order valence-corrected chi connectivity index (χ0v) is 26.8. The molecule has 0 unspecified atom stereocenters. The topological polar surface area (TPSA) is 111 Å². The molecule has 9 nitrogen and oxygen atoms in total. The Morgan fingerprint density at radius 2 is 1.66 bits per heavy atom. The van der Waals surface area contributed by atoms with Gasteiger partial charge in [-0.15, -0.1) is 0 Å². The van der Waals surface area contributed by atoms with Crippen molar-refractivity contribution in [1.82, 2.24) is 20.4 Å². The van der Waals surface area contributed by atoms with Gasteiger partial charge < -0.3 is 25.4 Å². The number of benzene rings is 2. The van der Waals surface area contributed by atoms with E-state index in [0.717, 1.165) is 57.5 Å². The molecule has 3 amide bonds. The maximum absolute atomic E-state index is 13.8. The van der Waals surface area contributed by atoms with Gasteiger partial charge >= 0.3 is 0 Å². The van der Waals surface area contributed by atoms with E-state index in [1.807, 2.05) is 30.9 Å². The van der Waals surface area contributed by atoms with Crippen LogP contribution < -0.4 is 15.4 Å². The van der Waals surface area contributed by atoms with Gasteiger partial charge in [0.05, 0.1) is 12.7 Å². The first-order valence-electron chi connectivity index (χ1n) is 16.3. The van der Waals surface area contributed by atoms with E-state index in [9.17, 15) is 19.5 Å². The molecule has 240 valence electrons. The molecule has 2 aliphatic heterocycles. The molecule has 2 aromatic carbocycles. The molecule has 0 saturated carbocycles. The van der Waals surface area contributed by atoms with E-state index in [1.54, 1.807) is 19.2 Å². The fourth-order valence-electron chi connectivity index (χ4n) is 6.54. The van der Waals surface area contributed by atoms with E-state index in [0.29, 0.717) is 31.6 Å². The third-order valence-corrected chi connectivity index (χ3v) is 9.48. The maximum Gasteiger partial charge on any atom is 0.251 e. The molecule has 3 N–H and O–H groups in total. The van der Waals surface area contributed by atoms with Crippen molar-refractivity contribution in [2.24, 2.45) is 5.92 Å². The van der Waals surface area contributed by atoms with Gasteiger partial charge in [0.2, 0.25) is 11.8 Å². The fraction of sp³-hybridized carbons (Fsp3) is 0.571. The van der Waals surface area contributed by atoms with Gasteiger partial charge in [-0.05, 0) is 60.6 Å². The predicted octanol–water partition coefficient (Wildman–Crippen LogP) is 3.93. The lowest BCUT2D eigenvalue weighted by Gasteiger charge is -2.52. The number of likely N-dealkylation sites (tertiary alicyclic amines) is 1. The van der Waals surface area contributed by atoms with Gasteiger partial charge in [-0.2, -0.15) is 0 Å². The van der Waals surface area contributed by atoms with Crippen LogP contribution >= 0.6 is 0 Å². The molecule has 2 fully saturated rings. The summed E-state index contributed by atoms with van der Waals surface area (Å²) in [4.78, 5) is 43.3. The van der Waals surface area contributed by atoms with E-state index in [1.165, 1.54) is 11.1 Å². The van der Waals surface area contributed by atoms with Gasteiger partial charge in [-0.25, -0.2) is 0 Å². The molecule has 2 heterocycles. The number of aliphatic hydroxyl groups is 1. The van der Waals surface area contributed by atoms with Crippen molar-refractivity contribution in [2.75, 3.05) is 33.3 Å². The van der Waals surface area contributed by atoms with Crippen LogP contribution in [0.5, 0.6) is 5.75 Å². The Morgan fingerprint density at radius 1 is 1.02 bits per heavy atom. The number of piperidine rings is 1. The zero-order valence-electron chi connectivity index (χ0n) is 26.8. The Hall–Kier alpha value is -3.43. The first-order valence-corrected chi connectivity index (χ1v) is 16.3. The van der Waals surface area contributed by atoms with Crippen molar-refractivity contribution in [3.63, 3.8) is 0 Å². The van der Waals surface area contributed by atoms with E-state index >= 15 is 0 Å². The number of carbonyl (C=O) groups is 3. The van der Waals surface area contributed by atoms with E-state index in [2.05, 4.69) is 46.7 Å². The Labute approximate surface area is 262 Å². The lowest BCUT2D eigenvalue weighted by Crippen LogP contribution is -2.75. The molecular weight excluding hydrogens is 556 g/mol. The lowest BCUT2D eigenvalue weighted by atomic mass is 9.79. The van der Waals surface area contributed by atoms with Crippen molar-refractivity contribution in [2.45, 2.75) is 89.9 Å². The monoisotopic (exact) mass is 606 g/mol. The molecule has 9 heteroatoms. The highest BCUT2D eigenvalue weighted by Crippen LogP contribution is 2.35. The minimum Gasteiger partial charge on any atom is -0.493 e. The van der Waals surface area contributed by atoms with E-state index in [-0.39, 0.29) is 23.6 Å². The summed E-state index contributed by atoms with van der Waals surface area (Å²) in [6.07, 6.45) is 4.35. The van der Waals surface area contributed by atoms with E-state index < -0.39 is 17.7 Å². The second-order valence-electron chi connectivity index (χ2n) is 12.2. The van der Waals surface area contributed by atoms with Gasteiger partial charge in [0, 0.05) is 45.2 Å². The van der Waals surface area contributed by atoms with Gasteiger partial charge in [-0.3, -0.25) is 19.3 Å². The second kappa shape index (κ2) is 15.5. The molecule has 44 heavy (non-hydrogen) atoms. The molecule has 0 bridgehead atoms. The smallest absolute Gasteiger partial charge is 0.251 e. The third kappa shape index (κ3) is 7.61. The second-order valence-corrected chi connectivity index (χ2v) is 12.2. The highest BCUT2D eigenvalue weighted by atomic mass is 16.5. The van der Waals surface area contributed by atoms with Crippen LogP contribution in [0.4, 0.5) is 0 Å². The molecule has 1 spiro atoms. The molecule has 2 saturated heterocycles. The summed E-state index contributed by atoms with van der Waals surface area (Å²) < 4.78 is 5.86. The number of amides is 3. The Morgan fingerprint density at radius 3 is 2.25 bits per heavy atom. The summed E-state index contributed by atoms with van der Waals surface area (Å²) in [7, 11) is 1.61. The Kier molecular flexibility index (Phi) is 11.8. The average Bonchev–Trinajstić information content (AvgIpc) is 3.05. The number of nitrogens with one attached hydrogen (secondary N) is 2. The predicted molar refractivity (Wildman–Crippen MR) is 171 cm³/mol. The molecule has 2 aromatic rings. The summed E-state index contributed by atoms with van der Waals surface area (Å²) in [5.74, 6) is 0.339. The largest absolute Gasteiger partial charge is 0.493 e. The van der Waals surface area contributed by atoms with Crippen LogP contribution in [-0.2, 0) is 22.6 Å². The van der Waals surface area contributed by atoms with Crippen LogP contribution in [0.3, 0.4) is 0 Å². The Bertz CT molecular complexity index is 1240. The highest BCUT2D eigenvalue weighted by molar-refractivity contribution is 6.00. The minimum atomic E-state index is -0.876.